The van der Waals surface area contributed by atoms with E-state index in [-0.39, 0.29) is 26.5 Å². The van der Waals surface area contributed by atoms with Gasteiger partial charge in [-0.3, -0.25) is 0 Å². The predicted molar refractivity (Wildman–Crippen MR) is 80.6 cm³/mol. The molecule has 21 heavy (non-hydrogen) atoms. The lowest BCUT2D eigenvalue weighted by atomic mass is 10.2. The first-order chi connectivity index (χ1) is 9.66. The van der Waals surface area contributed by atoms with Gasteiger partial charge in [-0.2, -0.15) is 4.31 Å². The lowest BCUT2D eigenvalue weighted by Gasteiger charge is -2.24. The van der Waals surface area contributed by atoms with Gasteiger partial charge in [0.15, 0.2) is 0 Å². The summed E-state index contributed by atoms with van der Waals surface area (Å²) in [5.74, 6) is -0.958. The number of hydrogen-bond acceptors (Lipinski definition) is 3. The average molecular weight is 352 g/mol. The van der Waals surface area contributed by atoms with E-state index in [1.165, 1.54) is 11.4 Å². The number of aromatic carboxylic acids is 1. The second-order valence-corrected chi connectivity index (χ2v) is 7.95. The van der Waals surface area contributed by atoms with E-state index in [9.17, 15) is 13.2 Å². The summed E-state index contributed by atoms with van der Waals surface area (Å²) in [6.45, 7) is 1.83. The number of carboxylic acids is 1. The van der Waals surface area contributed by atoms with Crippen molar-refractivity contribution in [1.29, 1.82) is 0 Å². The van der Waals surface area contributed by atoms with Crippen LogP contribution < -0.4 is 0 Å². The molecule has 0 saturated heterocycles. The molecule has 1 aromatic carbocycles. The maximum atomic E-state index is 12.6. The summed E-state index contributed by atoms with van der Waals surface area (Å²) in [6.07, 6.45) is 1.99. The number of nitrogens with zero attached hydrogens (tertiary/aromatic N) is 1. The monoisotopic (exact) mass is 351 g/mol. The second kappa shape index (κ2) is 5.76. The van der Waals surface area contributed by atoms with E-state index in [4.69, 9.17) is 28.3 Å². The van der Waals surface area contributed by atoms with E-state index in [1.54, 1.807) is 0 Å². The summed E-state index contributed by atoms with van der Waals surface area (Å²) in [6, 6.07) is 2.00. The van der Waals surface area contributed by atoms with Crippen LogP contribution in [0.5, 0.6) is 0 Å². The van der Waals surface area contributed by atoms with Gasteiger partial charge >= 0.3 is 5.97 Å². The number of carboxylic acid groups (broad SMARTS) is 1. The molecule has 0 amide bonds. The second-order valence-electron chi connectivity index (χ2n) is 5.17. The summed E-state index contributed by atoms with van der Waals surface area (Å²) in [7, 11) is -2.39. The largest absolute Gasteiger partial charge is 0.478 e. The van der Waals surface area contributed by atoms with Crippen molar-refractivity contribution in [2.24, 2.45) is 5.92 Å². The standard InChI is InChI=1S/C13H15Cl2NO4S/c1-7(8-3-4-8)16(2)21(19,20)12-5-9(13(17)18)10(14)6-11(12)15/h5-8H,3-4H2,1-2H3,(H,17,18). The van der Waals surface area contributed by atoms with Crippen LogP contribution in [-0.2, 0) is 10.0 Å². The van der Waals surface area contributed by atoms with Crippen molar-refractivity contribution in [3.8, 4) is 0 Å². The Morgan fingerprint density at radius 2 is 1.90 bits per heavy atom. The van der Waals surface area contributed by atoms with Gasteiger partial charge in [0.25, 0.3) is 0 Å². The topological polar surface area (TPSA) is 74.7 Å². The Morgan fingerprint density at radius 3 is 2.38 bits per heavy atom. The molecule has 5 nitrogen and oxygen atoms in total. The zero-order valence-corrected chi connectivity index (χ0v) is 13.8. The molecular formula is C13H15Cl2NO4S. The highest BCUT2D eigenvalue weighted by molar-refractivity contribution is 7.89. The van der Waals surface area contributed by atoms with E-state index < -0.39 is 16.0 Å². The molecule has 2 rings (SSSR count). The van der Waals surface area contributed by atoms with Gasteiger partial charge in [0, 0.05) is 13.1 Å². The molecule has 1 atom stereocenters. The van der Waals surface area contributed by atoms with Crippen molar-refractivity contribution in [2.45, 2.75) is 30.7 Å². The summed E-state index contributed by atoms with van der Waals surface area (Å²) >= 11 is 11.7. The molecule has 1 aliphatic carbocycles. The van der Waals surface area contributed by atoms with Crippen LogP contribution in [-0.4, -0.2) is 36.9 Å². The third-order valence-corrected chi connectivity index (χ3v) is 6.51. The molecule has 0 radical (unpaired) electrons. The van der Waals surface area contributed by atoms with Gasteiger partial charge in [0.05, 0.1) is 15.6 Å². The van der Waals surface area contributed by atoms with Crippen LogP contribution in [0.2, 0.25) is 10.0 Å². The molecule has 0 aromatic heterocycles. The van der Waals surface area contributed by atoms with Crippen LogP contribution in [0.3, 0.4) is 0 Å². The van der Waals surface area contributed by atoms with Gasteiger partial charge in [-0.1, -0.05) is 23.2 Å². The van der Waals surface area contributed by atoms with Crippen LogP contribution >= 0.6 is 23.2 Å². The van der Waals surface area contributed by atoms with Gasteiger partial charge in [-0.15, -0.1) is 0 Å². The molecule has 1 aliphatic rings. The number of rotatable bonds is 5. The number of benzene rings is 1. The zero-order chi connectivity index (χ0) is 15.9. The SMILES string of the molecule is CC(C1CC1)N(C)S(=O)(=O)c1cc(C(=O)O)c(Cl)cc1Cl. The summed E-state index contributed by atoms with van der Waals surface area (Å²) in [5, 5.41) is 8.88. The first kappa shape index (κ1) is 16.5. The highest BCUT2D eigenvalue weighted by Crippen LogP contribution is 2.38. The highest BCUT2D eigenvalue weighted by Gasteiger charge is 2.37. The molecule has 116 valence electrons. The van der Waals surface area contributed by atoms with Crippen molar-refractivity contribution >= 4 is 39.2 Å². The predicted octanol–water partition coefficient (Wildman–Crippen LogP) is 3.11. The van der Waals surface area contributed by atoms with Crippen molar-refractivity contribution in [3.05, 3.63) is 27.7 Å². The van der Waals surface area contributed by atoms with Crippen molar-refractivity contribution in [3.63, 3.8) is 0 Å². The minimum absolute atomic E-state index is 0.0835. The molecular weight excluding hydrogens is 337 g/mol. The molecule has 8 heteroatoms. The number of halogens is 2. The fourth-order valence-electron chi connectivity index (χ4n) is 2.14. The van der Waals surface area contributed by atoms with Gasteiger partial charge in [-0.25, -0.2) is 13.2 Å². The Kier molecular flexibility index (Phi) is 4.54. The van der Waals surface area contributed by atoms with Gasteiger partial charge in [0.2, 0.25) is 10.0 Å². The smallest absolute Gasteiger partial charge is 0.337 e. The van der Waals surface area contributed by atoms with Crippen molar-refractivity contribution < 1.29 is 18.3 Å². The fourth-order valence-corrected chi connectivity index (χ4v) is 4.39. The minimum Gasteiger partial charge on any atom is -0.478 e. The minimum atomic E-state index is -3.87. The average Bonchev–Trinajstić information content (AvgIpc) is 3.20. The molecule has 0 spiro atoms. The van der Waals surface area contributed by atoms with Gasteiger partial charge < -0.3 is 5.11 Å². The number of hydrogen-bond donors (Lipinski definition) is 1. The quantitative estimate of drug-likeness (QED) is 0.884. The molecule has 0 heterocycles. The van der Waals surface area contributed by atoms with Gasteiger partial charge in [-0.05, 0) is 37.8 Å². The lowest BCUT2D eigenvalue weighted by Crippen LogP contribution is -2.36. The van der Waals surface area contributed by atoms with E-state index in [1.807, 2.05) is 6.92 Å². The molecule has 0 aliphatic heterocycles. The van der Waals surface area contributed by atoms with Crippen LogP contribution in [0.25, 0.3) is 0 Å². The normalized spacial score (nSPS) is 17.0. The molecule has 1 fully saturated rings. The first-order valence-corrected chi connectivity index (χ1v) is 8.56. The van der Waals surface area contributed by atoms with Crippen molar-refractivity contribution in [1.82, 2.24) is 4.31 Å². The third-order valence-electron chi connectivity index (χ3n) is 3.79. The summed E-state index contributed by atoms with van der Waals surface area (Å²) < 4.78 is 26.5. The third kappa shape index (κ3) is 3.18. The van der Waals surface area contributed by atoms with E-state index in [0.29, 0.717) is 5.92 Å². The Hall–Kier alpha value is -0.820. The van der Waals surface area contributed by atoms with E-state index in [2.05, 4.69) is 0 Å². The Morgan fingerprint density at radius 1 is 1.33 bits per heavy atom. The van der Waals surface area contributed by atoms with Crippen LogP contribution in [0.4, 0.5) is 0 Å². The summed E-state index contributed by atoms with van der Waals surface area (Å²) in [4.78, 5) is 10.9. The number of sulfonamides is 1. The number of carbonyl (C=O) groups is 1. The maximum Gasteiger partial charge on any atom is 0.337 e. The van der Waals surface area contributed by atoms with Crippen LogP contribution in [0, 0.1) is 5.92 Å². The van der Waals surface area contributed by atoms with E-state index >= 15 is 0 Å². The molecule has 0 bridgehead atoms. The van der Waals surface area contributed by atoms with E-state index in [0.717, 1.165) is 25.0 Å². The first-order valence-electron chi connectivity index (χ1n) is 6.36. The van der Waals surface area contributed by atoms with Crippen molar-refractivity contribution in [2.75, 3.05) is 7.05 Å². The fraction of sp³-hybridized carbons (Fsp3) is 0.462. The highest BCUT2D eigenvalue weighted by atomic mass is 35.5. The van der Waals surface area contributed by atoms with Crippen LogP contribution in [0.1, 0.15) is 30.1 Å². The van der Waals surface area contributed by atoms with Gasteiger partial charge in [0.1, 0.15) is 4.90 Å². The molecule has 1 saturated carbocycles. The molecule has 1 aromatic rings. The van der Waals surface area contributed by atoms with Crippen LogP contribution in [0.15, 0.2) is 17.0 Å². The molecule has 1 N–H and O–H groups in total. The zero-order valence-electron chi connectivity index (χ0n) is 11.5. The Labute approximate surface area is 133 Å². The molecule has 1 unspecified atom stereocenters. The Balaban J connectivity index is 2.48. The Bertz CT molecular complexity index is 686. The maximum absolute atomic E-state index is 12.6. The lowest BCUT2D eigenvalue weighted by molar-refractivity contribution is 0.0697. The summed E-state index contributed by atoms with van der Waals surface area (Å²) in [5.41, 5.74) is -0.285.